The first kappa shape index (κ1) is 14.8. The van der Waals surface area contributed by atoms with Gasteiger partial charge in [0.25, 0.3) is 5.91 Å². The summed E-state index contributed by atoms with van der Waals surface area (Å²) in [4.78, 5) is 15.3. The molecule has 1 aliphatic heterocycles. The Kier molecular flexibility index (Phi) is 4.20. The molecule has 21 heavy (non-hydrogen) atoms. The van der Waals surface area contributed by atoms with Crippen molar-refractivity contribution in [3.63, 3.8) is 0 Å². The van der Waals surface area contributed by atoms with E-state index in [0.717, 1.165) is 36.0 Å². The van der Waals surface area contributed by atoms with Crippen molar-refractivity contribution in [2.75, 3.05) is 13.1 Å². The van der Waals surface area contributed by atoms with Crippen molar-refractivity contribution in [1.29, 1.82) is 0 Å². The highest BCUT2D eigenvalue weighted by atomic mass is 35.5. The number of piperidine rings is 1. The predicted molar refractivity (Wildman–Crippen MR) is 89.1 cm³/mol. The Morgan fingerprint density at radius 2 is 2.24 bits per heavy atom. The molecule has 1 aromatic carbocycles. The molecular formula is C16H19ClN2OS. The minimum Gasteiger partial charge on any atom is -0.338 e. The van der Waals surface area contributed by atoms with Gasteiger partial charge in [0.05, 0.1) is 5.02 Å². The third-order valence-electron chi connectivity index (χ3n) is 4.22. The van der Waals surface area contributed by atoms with E-state index in [2.05, 4.69) is 0 Å². The van der Waals surface area contributed by atoms with Gasteiger partial charge >= 0.3 is 0 Å². The number of thiophene rings is 1. The van der Waals surface area contributed by atoms with Gasteiger partial charge in [0.1, 0.15) is 4.88 Å². The van der Waals surface area contributed by atoms with Crippen LogP contribution in [-0.2, 0) is 0 Å². The molecule has 5 heteroatoms. The highest BCUT2D eigenvalue weighted by Crippen LogP contribution is 2.36. The predicted octanol–water partition coefficient (Wildman–Crippen LogP) is 3.75. The molecule has 1 fully saturated rings. The van der Waals surface area contributed by atoms with Gasteiger partial charge in [0, 0.05) is 29.2 Å². The van der Waals surface area contributed by atoms with Crippen LogP contribution in [0, 0.1) is 5.92 Å². The zero-order valence-electron chi connectivity index (χ0n) is 12.0. The normalized spacial score (nSPS) is 20.7. The van der Waals surface area contributed by atoms with Crippen molar-refractivity contribution in [2.45, 2.75) is 25.8 Å². The Morgan fingerprint density at radius 1 is 1.48 bits per heavy atom. The summed E-state index contributed by atoms with van der Waals surface area (Å²) in [5.74, 6) is 0.433. The molecule has 0 radical (unpaired) electrons. The fourth-order valence-electron chi connectivity index (χ4n) is 2.92. The van der Waals surface area contributed by atoms with Crippen molar-refractivity contribution in [1.82, 2.24) is 4.90 Å². The minimum absolute atomic E-state index is 0.0477. The second kappa shape index (κ2) is 5.95. The summed E-state index contributed by atoms with van der Waals surface area (Å²) in [6, 6.07) is 8.01. The number of likely N-dealkylation sites (tertiary alicyclic amines) is 1. The number of carbonyl (C=O) groups excluding carboxylic acids is 1. The second-order valence-electron chi connectivity index (χ2n) is 5.75. The number of benzene rings is 1. The molecule has 2 N–H and O–H groups in total. The van der Waals surface area contributed by atoms with E-state index in [1.807, 2.05) is 36.1 Å². The summed E-state index contributed by atoms with van der Waals surface area (Å²) in [6.45, 7) is 3.55. The number of nitrogens with two attached hydrogens (primary N) is 1. The molecule has 0 aliphatic carbocycles. The summed E-state index contributed by atoms with van der Waals surface area (Å²) < 4.78 is 1.06. The van der Waals surface area contributed by atoms with Crippen LogP contribution >= 0.6 is 22.9 Å². The van der Waals surface area contributed by atoms with Crippen molar-refractivity contribution in [3.05, 3.63) is 34.2 Å². The maximum atomic E-state index is 12.8. The smallest absolute Gasteiger partial charge is 0.265 e. The Labute approximate surface area is 133 Å². The van der Waals surface area contributed by atoms with Crippen LogP contribution in [0.4, 0.5) is 0 Å². The molecule has 0 bridgehead atoms. The van der Waals surface area contributed by atoms with Gasteiger partial charge in [-0.15, -0.1) is 11.3 Å². The Balaban J connectivity index is 1.88. The molecule has 3 nitrogen and oxygen atoms in total. The van der Waals surface area contributed by atoms with Gasteiger partial charge in [-0.05, 0) is 31.7 Å². The number of halogens is 1. The first-order chi connectivity index (χ1) is 10.1. The summed E-state index contributed by atoms with van der Waals surface area (Å²) in [6.07, 6.45) is 2.11. The van der Waals surface area contributed by atoms with Crippen LogP contribution in [-0.4, -0.2) is 29.9 Å². The lowest BCUT2D eigenvalue weighted by Gasteiger charge is -2.34. The van der Waals surface area contributed by atoms with E-state index in [-0.39, 0.29) is 11.9 Å². The highest BCUT2D eigenvalue weighted by Gasteiger charge is 2.28. The molecule has 1 saturated heterocycles. The van der Waals surface area contributed by atoms with E-state index in [4.69, 9.17) is 17.3 Å². The standard InChI is InChI=1S/C16H19ClN2OS/c1-10(18)11-5-4-8-19(9-11)16(20)15-14(17)12-6-2-3-7-13(12)21-15/h2-3,6-7,10-11H,4-5,8-9,18H2,1H3/t10-,11-/m1/s1. The number of rotatable bonds is 2. The number of hydrogen-bond donors (Lipinski definition) is 1. The maximum Gasteiger partial charge on any atom is 0.265 e. The van der Waals surface area contributed by atoms with Crippen molar-refractivity contribution in [2.24, 2.45) is 11.7 Å². The van der Waals surface area contributed by atoms with Gasteiger partial charge in [-0.25, -0.2) is 0 Å². The van der Waals surface area contributed by atoms with Gasteiger partial charge in [0.15, 0.2) is 0 Å². The average Bonchev–Trinajstić information content (AvgIpc) is 2.84. The molecule has 2 aromatic rings. The van der Waals surface area contributed by atoms with Crippen molar-refractivity contribution < 1.29 is 4.79 Å². The lowest BCUT2D eigenvalue weighted by molar-refractivity contribution is 0.0666. The van der Waals surface area contributed by atoms with E-state index < -0.39 is 0 Å². The molecule has 3 rings (SSSR count). The monoisotopic (exact) mass is 322 g/mol. The fourth-order valence-corrected chi connectivity index (χ4v) is 4.40. The first-order valence-electron chi connectivity index (χ1n) is 7.30. The third-order valence-corrected chi connectivity index (χ3v) is 5.88. The van der Waals surface area contributed by atoms with Gasteiger partial charge < -0.3 is 10.6 Å². The van der Waals surface area contributed by atoms with Gasteiger partial charge in [-0.2, -0.15) is 0 Å². The van der Waals surface area contributed by atoms with Crippen molar-refractivity contribution >= 4 is 38.9 Å². The van der Waals surface area contributed by atoms with Crippen molar-refractivity contribution in [3.8, 4) is 0 Å². The number of nitrogens with zero attached hydrogens (tertiary/aromatic N) is 1. The minimum atomic E-state index is 0.0477. The van der Waals surface area contributed by atoms with E-state index in [0.29, 0.717) is 15.8 Å². The Morgan fingerprint density at radius 3 is 2.95 bits per heavy atom. The van der Waals surface area contributed by atoms with E-state index in [1.165, 1.54) is 11.3 Å². The zero-order chi connectivity index (χ0) is 15.0. The largest absolute Gasteiger partial charge is 0.338 e. The molecule has 1 aromatic heterocycles. The summed E-state index contributed by atoms with van der Waals surface area (Å²) >= 11 is 7.89. The van der Waals surface area contributed by atoms with Crippen LogP contribution in [0.1, 0.15) is 29.4 Å². The Hall–Kier alpha value is -1.10. The van der Waals surface area contributed by atoms with Crippen LogP contribution in [0.25, 0.3) is 10.1 Å². The molecule has 112 valence electrons. The molecule has 0 unspecified atom stereocenters. The number of hydrogen-bond acceptors (Lipinski definition) is 3. The van der Waals surface area contributed by atoms with Crippen LogP contribution < -0.4 is 5.73 Å². The van der Waals surface area contributed by atoms with E-state index in [9.17, 15) is 4.79 Å². The molecule has 1 aliphatic rings. The van der Waals surface area contributed by atoms with E-state index in [1.54, 1.807) is 0 Å². The maximum absolute atomic E-state index is 12.8. The van der Waals surface area contributed by atoms with Crippen LogP contribution in [0.15, 0.2) is 24.3 Å². The van der Waals surface area contributed by atoms with Crippen LogP contribution in [0.2, 0.25) is 5.02 Å². The number of amides is 1. The molecule has 0 saturated carbocycles. The van der Waals surface area contributed by atoms with Crippen LogP contribution in [0.5, 0.6) is 0 Å². The highest BCUT2D eigenvalue weighted by molar-refractivity contribution is 7.21. The van der Waals surface area contributed by atoms with Gasteiger partial charge in [-0.1, -0.05) is 29.8 Å². The third kappa shape index (κ3) is 2.80. The number of carbonyl (C=O) groups is 1. The molecule has 0 spiro atoms. The SMILES string of the molecule is C[C@@H](N)[C@@H]1CCCN(C(=O)c2sc3ccccc3c2Cl)C1. The quantitative estimate of drug-likeness (QED) is 0.915. The van der Waals surface area contributed by atoms with E-state index >= 15 is 0 Å². The summed E-state index contributed by atoms with van der Waals surface area (Å²) in [7, 11) is 0. The molecular weight excluding hydrogens is 304 g/mol. The second-order valence-corrected chi connectivity index (χ2v) is 7.18. The van der Waals surface area contributed by atoms with Gasteiger partial charge in [-0.3, -0.25) is 4.79 Å². The fraction of sp³-hybridized carbons (Fsp3) is 0.438. The molecule has 2 heterocycles. The lowest BCUT2D eigenvalue weighted by Crippen LogP contribution is -2.44. The lowest BCUT2D eigenvalue weighted by atomic mass is 9.92. The Bertz CT molecular complexity index is 667. The zero-order valence-corrected chi connectivity index (χ0v) is 13.6. The topological polar surface area (TPSA) is 46.3 Å². The summed E-state index contributed by atoms with van der Waals surface area (Å²) in [5, 5.41) is 1.55. The first-order valence-corrected chi connectivity index (χ1v) is 8.49. The molecule has 2 atom stereocenters. The van der Waals surface area contributed by atoms with Gasteiger partial charge in [0.2, 0.25) is 0 Å². The number of fused-ring (bicyclic) bond motifs is 1. The molecule has 1 amide bonds. The summed E-state index contributed by atoms with van der Waals surface area (Å²) in [5.41, 5.74) is 6.00. The van der Waals surface area contributed by atoms with Crippen LogP contribution in [0.3, 0.4) is 0 Å². The average molecular weight is 323 g/mol.